The molecule has 0 amide bonds. The van der Waals surface area contributed by atoms with Crippen LogP contribution >= 0.6 is 27.5 Å². The molecule has 80 valence electrons. The first-order valence-corrected chi connectivity index (χ1v) is 6.47. The van der Waals surface area contributed by atoms with Crippen LogP contribution in [0.2, 0.25) is 0 Å². The molecule has 2 rings (SSSR count). The third-order valence-corrected chi connectivity index (χ3v) is 3.78. The third-order valence-electron chi connectivity index (χ3n) is 2.10. The summed E-state index contributed by atoms with van der Waals surface area (Å²) in [6, 6.07) is 4.34. The Bertz CT molecular complexity index is 534. The highest BCUT2D eigenvalue weighted by Gasteiger charge is 2.07. The molecule has 0 saturated carbocycles. The van der Waals surface area contributed by atoms with Crippen LogP contribution in [-0.2, 0) is 6.54 Å². The first-order chi connectivity index (χ1) is 7.22. The van der Waals surface area contributed by atoms with Gasteiger partial charge in [0.2, 0.25) is 0 Å². The molecule has 1 aromatic carbocycles. The fourth-order valence-electron chi connectivity index (χ4n) is 1.39. The van der Waals surface area contributed by atoms with Crippen molar-refractivity contribution in [3.8, 4) is 0 Å². The Morgan fingerprint density at radius 2 is 2.27 bits per heavy atom. The van der Waals surface area contributed by atoms with E-state index in [-0.39, 0.29) is 11.4 Å². The summed E-state index contributed by atoms with van der Waals surface area (Å²) in [5, 5.41) is 1.34. The Hall–Kier alpha value is -0.680. The van der Waals surface area contributed by atoms with Gasteiger partial charge in [-0.2, -0.15) is 0 Å². The Labute approximate surface area is 98.6 Å². The molecule has 0 bridgehead atoms. The number of aromatic nitrogens is 1. The molecular formula is C10H9BrFNOS. The number of hydrogen-bond donors (Lipinski definition) is 0. The van der Waals surface area contributed by atoms with Crippen molar-refractivity contribution in [2.24, 2.45) is 0 Å². The standard InChI is InChI=1S/C10H9BrFNOS/c11-4-1-5-13-10(14)8-6-7(12)2-3-9(8)15-13/h2-3,6H,1,4-5H2. The van der Waals surface area contributed by atoms with Gasteiger partial charge in [-0.15, -0.1) is 0 Å². The second kappa shape index (κ2) is 4.45. The lowest BCUT2D eigenvalue weighted by atomic mass is 10.3. The van der Waals surface area contributed by atoms with E-state index in [1.54, 1.807) is 10.0 Å². The average Bonchev–Trinajstić information content (AvgIpc) is 2.53. The van der Waals surface area contributed by atoms with Crippen molar-refractivity contribution in [1.82, 2.24) is 3.96 Å². The van der Waals surface area contributed by atoms with Crippen LogP contribution in [0.1, 0.15) is 6.42 Å². The fourth-order valence-corrected chi connectivity index (χ4v) is 2.66. The van der Waals surface area contributed by atoms with Crippen LogP contribution in [-0.4, -0.2) is 9.29 Å². The molecule has 0 atom stereocenters. The zero-order valence-corrected chi connectivity index (χ0v) is 10.3. The number of nitrogens with zero attached hydrogens (tertiary/aromatic N) is 1. The number of aryl methyl sites for hydroxylation is 1. The maximum absolute atomic E-state index is 12.9. The van der Waals surface area contributed by atoms with Gasteiger partial charge in [-0.25, -0.2) is 4.39 Å². The Morgan fingerprint density at radius 1 is 1.47 bits per heavy atom. The van der Waals surface area contributed by atoms with Crippen molar-refractivity contribution in [1.29, 1.82) is 0 Å². The topological polar surface area (TPSA) is 22.0 Å². The molecule has 0 N–H and O–H groups in total. The number of hydrogen-bond acceptors (Lipinski definition) is 2. The van der Waals surface area contributed by atoms with E-state index in [0.717, 1.165) is 16.5 Å². The maximum Gasteiger partial charge on any atom is 0.268 e. The van der Waals surface area contributed by atoms with Gasteiger partial charge >= 0.3 is 0 Å². The zero-order chi connectivity index (χ0) is 10.8. The summed E-state index contributed by atoms with van der Waals surface area (Å²) in [6.07, 6.45) is 0.898. The summed E-state index contributed by atoms with van der Waals surface area (Å²) >= 11 is 4.71. The number of rotatable bonds is 3. The largest absolute Gasteiger partial charge is 0.268 e. The lowest BCUT2D eigenvalue weighted by molar-refractivity contribution is 0.629. The van der Waals surface area contributed by atoms with Crippen LogP contribution in [0, 0.1) is 5.82 Å². The highest BCUT2D eigenvalue weighted by atomic mass is 79.9. The normalized spacial score (nSPS) is 11.1. The second-order valence-electron chi connectivity index (χ2n) is 3.18. The molecule has 0 spiro atoms. The summed E-state index contributed by atoms with van der Waals surface area (Å²) in [4.78, 5) is 11.8. The van der Waals surface area contributed by atoms with Crippen LogP contribution in [0.5, 0.6) is 0 Å². The van der Waals surface area contributed by atoms with Crippen molar-refractivity contribution in [3.05, 3.63) is 34.4 Å². The predicted molar refractivity (Wildman–Crippen MR) is 64.5 cm³/mol. The SMILES string of the molecule is O=c1c2cc(F)ccc2sn1CCCBr. The first kappa shape index (κ1) is 10.8. The van der Waals surface area contributed by atoms with E-state index in [4.69, 9.17) is 0 Å². The van der Waals surface area contributed by atoms with Crippen molar-refractivity contribution in [3.63, 3.8) is 0 Å². The van der Waals surface area contributed by atoms with Crippen molar-refractivity contribution < 1.29 is 4.39 Å². The lowest BCUT2D eigenvalue weighted by Crippen LogP contribution is -2.13. The number of alkyl halides is 1. The highest BCUT2D eigenvalue weighted by Crippen LogP contribution is 2.17. The summed E-state index contributed by atoms with van der Waals surface area (Å²) in [7, 11) is 0. The molecule has 0 radical (unpaired) electrons. The van der Waals surface area contributed by atoms with Crippen molar-refractivity contribution >= 4 is 37.5 Å². The van der Waals surface area contributed by atoms with Crippen LogP contribution in [0.15, 0.2) is 23.0 Å². The fraction of sp³-hybridized carbons (Fsp3) is 0.300. The molecule has 2 nitrogen and oxygen atoms in total. The van der Waals surface area contributed by atoms with E-state index < -0.39 is 0 Å². The lowest BCUT2D eigenvalue weighted by Gasteiger charge is -1.94. The quantitative estimate of drug-likeness (QED) is 0.797. The van der Waals surface area contributed by atoms with E-state index in [1.165, 1.54) is 23.7 Å². The Morgan fingerprint density at radius 3 is 3.00 bits per heavy atom. The monoisotopic (exact) mass is 289 g/mol. The summed E-state index contributed by atoms with van der Waals surface area (Å²) in [6.45, 7) is 0.686. The second-order valence-corrected chi connectivity index (χ2v) is 5.04. The third kappa shape index (κ3) is 2.13. The molecule has 5 heteroatoms. The van der Waals surface area contributed by atoms with Gasteiger partial charge in [0.1, 0.15) is 5.82 Å². The molecule has 1 aromatic heterocycles. The van der Waals surface area contributed by atoms with Crippen LogP contribution in [0.3, 0.4) is 0 Å². The zero-order valence-electron chi connectivity index (χ0n) is 7.87. The van der Waals surface area contributed by atoms with Gasteiger partial charge in [0.05, 0.1) is 10.1 Å². The van der Waals surface area contributed by atoms with E-state index in [9.17, 15) is 9.18 Å². The molecule has 0 aliphatic heterocycles. The van der Waals surface area contributed by atoms with E-state index in [0.29, 0.717) is 11.9 Å². The molecule has 2 aromatic rings. The van der Waals surface area contributed by atoms with E-state index in [2.05, 4.69) is 15.9 Å². The average molecular weight is 290 g/mol. The van der Waals surface area contributed by atoms with Crippen molar-refractivity contribution in [2.75, 3.05) is 5.33 Å². The molecular weight excluding hydrogens is 281 g/mol. The van der Waals surface area contributed by atoms with Gasteiger partial charge in [0.25, 0.3) is 5.56 Å². The van der Waals surface area contributed by atoms with Crippen molar-refractivity contribution in [2.45, 2.75) is 13.0 Å². The summed E-state index contributed by atoms with van der Waals surface area (Å²) < 4.78 is 15.4. The van der Waals surface area contributed by atoms with Crippen LogP contribution in [0.4, 0.5) is 4.39 Å². The number of halogens is 2. The van der Waals surface area contributed by atoms with Crippen LogP contribution < -0.4 is 5.56 Å². The minimum atomic E-state index is -0.356. The summed E-state index contributed by atoms with van der Waals surface area (Å²) in [5.41, 5.74) is -0.0875. The van der Waals surface area contributed by atoms with Gasteiger partial charge in [-0.1, -0.05) is 27.5 Å². The first-order valence-electron chi connectivity index (χ1n) is 4.57. The molecule has 0 saturated heterocycles. The minimum Gasteiger partial charge on any atom is -0.268 e. The van der Waals surface area contributed by atoms with Crippen LogP contribution in [0.25, 0.3) is 10.1 Å². The molecule has 0 fully saturated rings. The maximum atomic E-state index is 12.9. The molecule has 0 unspecified atom stereocenters. The Balaban J connectivity index is 2.50. The predicted octanol–water partition coefficient (Wildman–Crippen LogP) is 2.99. The van der Waals surface area contributed by atoms with Gasteiger partial charge in [-0.3, -0.25) is 8.75 Å². The van der Waals surface area contributed by atoms with Gasteiger partial charge in [-0.05, 0) is 24.6 Å². The number of benzene rings is 1. The molecule has 15 heavy (non-hydrogen) atoms. The molecule has 0 aliphatic rings. The van der Waals surface area contributed by atoms with Gasteiger partial charge in [0, 0.05) is 11.9 Å². The smallest absolute Gasteiger partial charge is 0.268 e. The van der Waals surface area contributed by atoms with Gasteiger partial charge in [0.15, 0.2) is 0 Å². The van der Waals surface area contributed by atoms with Gasteiger partial charge < -0.3 is 0 Å². The minimum absolute atomic E-state index is 0.0875. The molecule has 1 heterocycles. The summed E-state index contributed by atoms with van der Waals surface area (Å²) in [5.74, 6) is -0.356. The number of fused-ring (bicyclic) bond motifs is 1. The molecule has 0 aliphatic carbocycles. The highest BCUT2D eigenvalue weighted by molar-refractivity contribution is 9.09. The Kier molecular flexibility index (Phi) is 3.21. The van der Waals surface area contributed by atoms with E-state index in [1.807, 2.05) is 0 Å². The van der Waals surface area contributed by atoms with E-state index >= 15 is 0 Å².